The van der Waals surface area contributed by atoms with E-state index in [0.717, 1.165) is 11.1 Å². The van der Waals surface area contributed by atoms with Crippen LogP contribution in [0.15, 0.2) is 18.5 Å². The number of nitrogens with one attached hydrogen (secondary N) is 2. The molecule has 1 aliphatic heterocycles. The van der Waals surface area contributed by atoms with Gasteiger partial charge in [0, 0.05) is 18.9 Å². The Kier molecular flexibility index (Phi) is 2.96. The zero-order valence-electron chi connectivity index (χ0n) is 8.99. The fourth-order valence-corrected chi connectivity index (χ4v) is 1.65. The molecular weight excluding hydrogens is 206 g/mol. The van der Waals surface area contributed by atoms with Crippen molar-refractivity contribution in [3.63, 3.8) is 0 Å². The van der Waals surface area contributed by atoms with E-state index in [1.807, 2.05) is 13.0 Å². The first-order valence-corrected chi connectivity index (χ1v) is 5.13. The summed E-state index contributed by atoms with van der Waals surface area (Å²) in [5, 5.41) is 5.32. The van der Waals surface area contributed by atoms with Crippen molar-refractivity contribution < 1.29 is 9.59 Å². The minimum Gasteiger partial charge on any atom is -0.301 e. The number of imide groups is 1. The third kappa shape index (κ3) is 2.25. The van der Waals surface area contributed by atoms with E-state index >= 15 is 0 Å². The molecule has 1 aromatic rings. The molecule has 2 amide bonds. The number of carbonyl (C=O) groups is 2. The number of hydrogen-bond acceptors (Lipinski definition) is 4. The third-order valence-corrected chi connectivity index (χ3v) is 2.64. The lowest BCUT2D eigenvalue weighted by Gasteiger charge is -2.10. The van der Waals surface area contributed by atoms with Gasteiger partial charge in [-0.05, 0) is 24.1 Å². The number of hydrogen-bond donors (Lipinski definition) is 2. The Labute approximate surface area is 93.3 Å². The average Bonchev–Trinajstić information content (AvgIpc) is 2.56. The van der Waals surface area contributed by atoms with Crippen LogP contribution in [0, 0.1) is 6.92 Å². The van der Waals surface area contributed by atoms with Crippen LogP contribution >= 0.6 is 0 Å². The molecule has 0 aromatic carbocycles. The van der Waals surface area contributed by atoms with E-state index in [2.05, 4.69) is 15.6 Å². The molecule has 1 saturated heterocycles. The van der Waals surface area contributed by atoms with Gasteiger partial charge in [-0.15, -0.1) is 0 Å². The summed E-state index contributed by atoms with van der Waals surface area (Å²) < 4.78 is 0. The summed E-state index contributed by atoms with van der Waals surface area (Å²) in [5.74, 6) is -0.453. The molecule has 0 radical (unpaired) electrons. The van der Waals surface area contributed by atoms with E-state index in [9.17, 15) is 9.59 Å². The van der Waals surface area contributed by atoms with Crippen LogP contribution in [0.1, 0.15) is 17.5 Å². The first-order valence-electron chi connectivity index (χ1n) is 5.13. The summed E-state index contributed by atoms with van der Waals surface area (Å²) in [7, 11) is 0. The minimum atomic E-state index is -0.403. The zero-order chi connectivity index (χ0) is 11.5. The van der Waals surface area contributed by atoms with Gasteiger partial charge >= 0.3 is 0 Å². The van der Waals surface area contributed by atoms with Gasteiger partial charge in [0.1, 0.15) is 0 Å². The molecule has 5 heteroatoms. The monoisotopic (exact) mass is 219 g/mol. The standard InChI is InChI=1S/C11H13N3O2/c1-7-5-12-3-2-8(7)6-13-9-4-10(15)14-11(9)16/h2-3,5,9,13H,4,6H2,1H3,(H,14,15,16). The quantitative estimate of drug-likeness (QED) is 0.696. The maximum Gasteiger partial charge on any atom is 0.244 e. The van der Waals surface area contributed by atoms with Crippen LogP contribution in [0.5, 0.6) is 0 Å². The van der Waals surface area contributed by atoms with Crippen LogP contribution < -0.4 is 10.6 Å². The molecule has 1 unspecified atom stereocenters. The van der Waals surface area contributed by atoms with Gasteiger partial charge < -0.3 is 5.32 Å². The summed E-state index contributed by atoms with van der Waals surface area (Å²) >= 11 is 0. The number of amides is 2. The average molecular weight is 219 g/mol. The molecule has 1 atom stereocenters. The molecule has 2 heterocycles. The second kappa shape index (κ2) is 4.40. The van der Waals surface area contributed by atoms with Gasteiger partial charge in [-0.1, -0.05) is 0 Å². The number of nitrogens with zero attached hydrogens (tertiary/aromatic N) is 1. The van der Waals surface area contributed by atoms with Crippen LogP contribution in [0.4, 0.5) is 0 Å². The zero-order valence-corrected chi connectivity index (χ0v) is 8.99. The summed E-state index contributed by atoms with van der Waals surface area (Å²) in [6.45, 7) is 2.53. The van der Waals surface area contributed by atoms with Gasteiger partial charge in [0.2, 0.25) is 11.8 Å². The predicted molar refractivity (Wildman–Crippen MR) is 57.4 cm³/mol. The van der Waals surface area contributed by atoms with E-state index in [-0.39, 0.29) is 18.2 Å². The van der Waals surface area contributed by atoms with Gasteiger partial charge in [-0.2, -0.15) is 0 Å². The van der Waals surface area contributed by atoms with Crippen molar-refractivity contribution in [3.8, 4) is 0 Å². The molecule has 1 fully saturated rings. The lowest BCUT2D eigenvalue weighted by Crippen LogP contribution is -2.35. The smallest absolute Gasteiger partial charge is 0.244 e. The summed E-state index contributed by atoms with van der Waals surface area (Å²) in [4.78, 5) is 26.2. The van der Waals surface area contributed by atoms with Gasteiger partial charge in [0.15, 0.2) is 0 Å². The number of pyridine rings is 1. The first-order chi connectivity index (χ1) is 7.66. The van der Waals surface area contributed by atoms with Crippen LogP contribution in [-0.2, 0) is 16.1 Å². The lowest BCUT2D eigenvalue weighted by atomic mass is 10.1. The highest BCUT2D eigenvalue weighted by atomic mass is 16.2. The molecule has 5 nitrogen and oxygen atoms in total. The Morgan fingerprint density at radius 2 is 2.38 bits per heavy atom. The number of rotatable bonds is 3. The fraction of sp³-hybridized carbons (Fsp3) is 0.364. The highest BCUT2D eigenvalue weighted by Crippen LogP contribution is 2.07. The van der Waals surface area contributed by atoms with Crippen LogP contribution in [-0.4, -0.2) is 22.8 Å². The predicted octanol–water partition coefficient (Wildman–Crippen LogP) is -0.105. The van der Waals surface area contributed by atoms with Crippen molar-refractivity contribution in [2.75, 3.05) is 0 Å². The molecule has 1 aliphatic rings. The fourth-order valence-electron chi connectivity index (χ4n) is 1.65. The van der Waals surface area contributed by atoms with E-state index in [0.29, 0.717) is 6.54 Å². The Balaban J connectivity index is 1.95. The molecule has 2 N–H and O–H groups in total. The van der Waals surface area contributed by atoms with Crippen LogP contribution in [0.25, 0.3) is 0 Å². The largest absolute Gasteiger partial charge is 0.301 e. The summed E-state index contributed by atoms with van der Waals surface area (Å²) in [6.07, 6.45) is 3.71. The summed E-state index contributed by atoms with van der Waals surface area (Å²) in [6, 6.07) is 1.50. The van der Waals surface area contributed by atoms with Crippen molar-refractivity contribution in [2.45, 2.75) is 25.9 Å². The van der Waals surface area contributed by atoms with Crippen molar-refractivity contribution in [2.24, 2.45) is 0 Å². The third-order valence-electron chi connectivity index (χ3n) is 2.64. The van der Waals surface area contributed by atoms with E-state index in [1.54, 1.807) is 12.4 Å². The molecule has 84 valence electrons. The Morgan fingerprint density at radius 3 is 3.00 bits per heavy atom. The van der Waals surface area contributed by atoms with E-state index in [1.165, 1.54) is 0 Å². The van der Waals surface area contributed by atoms with Crippen molar-refractivity contribution in [1.82, 2.24) is 15.6 Å². The molecule has 0 saturated carbocycles. The molecule has 1 aromatic heterocycles. The second-order valence-electron chi connectivity index (χ2n) is 3.85. The summed E-state index contributed by atoms with van der Waals surface area (Å²) in [5.41, 5.74) is 2.15. The highest BCUT2D eigenvalue weighted by molar-refractivity contribution is 6.05. The first kappa shape index (κ1) is 10.8. The molecule has 2 rings (SSSR count). The number of carbonyl (C=O) groups excluding carboxylic acids is 2. The lowest BCUT2D eigenvalue weighted by molar-refractivity contribution is -0.125. The molecular formula is C11H13N3O2. The number of aryl methyl sites for hydroxylation is 1. The van der Waals surface area contributed by atoms with Gasteiger partial charge in [0.25, 0.3) is 0 Å². The van der Waals surface area contributed by atoms with Gasteiger partial charge in [-0.3, -0.25) is 19.9 Å². The van der Waals surface area contributed by atoms with Gasteiger partial charge in [-0.25, -0.2) is 0 Å². The van der Waals surface area contributed by atoms with Crippen LogP contribution in [0.3, 0.4) is 0 Å². The molecule has 0 bridgehead atoms. The number of aromatic nitrogens is 1. The van der Waals surface area contributed by atoms with Crippen LogP contribution in [0.2, 0.25) is 0 Å². The highest BCUT2D eigenvalue weighted by Gasteiger charge is 2.29. The van der Waals surface area contributed by atoms with E-state index < -0.39 is 6.04 Å². The molecule has 16 heavy (non-hydrogen) atoms. The maximum absolute atomic E-state index is 11.3. The van der Waals surface area contributed by atoms with Crippen molar-refractivity contribution in [1.29, 1.82) is 0 Å². The SMILES string of the molecule is Cc1cnccc1CNC1CC(=O)NC1=O. The molecule has 0 spiro atoms. The molecule has 0 aliphatic carbocycles. The van der Waals surface area contributed by atoms with Crippen molar-refractivity contribution in [3.05, 3.63) is 29.6 Å². The Bertz CT molecular complexity index is 431. The Hall–Kier alpha value is -1.75. The topological polar surface area (TPSA) is 71.1 Å². The Morgan fingerprint density at radius 1 is 1.56 bits per heavy atom. The second-order valence-corrected chi connectivity index (χ2v) is 3.85. The minimum absolute atomic E-state index is 0.214. The van der Waals surface area contributed by atoms with E-state index in [4.69, 9.17) is 0 Å². The van der Waals surface area contributed by atoms with Gasteiger partial charge in [0.05, 0.1) is 12.5 Å². The normalized spacial score (nSPS) is 19.9. The van der Waals surface area contributed by atoms with Crippen molar-refractivity contribution >= 4 is 11.8 Å². The maximum atomic E-state index is 11.3.